The molecule has 1 aromatic carbocycles. The quantitative estimate of drug-likeness (QED) is 0.743. The van der Waals surface area contributed by atoms with Crippen molar-refractivity contribution in [2.45, 2.75) is 0 Å². The Kier molecular flexibility index (Phi) is 2.41. The fourth-order valence-electron chi connectivity index (χ4n) is 1.40. The standard InChI is InChI=1S/C11H10N2O2/c1-7-8-4-10(14-2)11(15-3)5-9(8)13-6-12-7/h1,4-6H,2-3H3. The molecule has 0 fully saturated rings. The molecule has 1 aromatic heterocycles. The van der Waals surface area contributed by atoms with E-state index in [9.17, 15) is 0 Å². The number of hydrogen-bond donors (Lipinski definition) is 0. The maximum Gasteiger partial charge on any atom is 0.162 e. The zero-order valence-corrected chi connectivity index (χ0v) is 8.52. The number of hydrogen-bond acceptors (Lipinski definition) is 4. The van der Waals surface area contributed by atoms with Gasteiger partial charge in [-0.05, 0) is 6.07 Å². The summed E-state index contributed by atoms with van der Waals surface area (Å²) in [7, 11) is 3.15. The summed E-state index contributed by atoms with van der Waals surface area (Å²) in [6, 6.07) is 3.54. The maximum absolute atomic E-state index is 5.72. The van der Waals surface area contributed by atoms with Gasteiger partial charge in [-0.2, -0.15) is 0 Å². The fourth-order valence-corrected chi connectivity index (χ4v) is 1.40. The van der Waals surface area contributed by atoms with Crippen molar-refractivity contribution in [2.75, 3.05) is 14.2 Å². The van der Waals surface area contributed by atoms with Crippen molar-refractivity contribution in [3.05, 3.63) is 31.1 Å². The first-order valence-corrected chi connectivity index (χ1v) is 4.38. The van der Waals surface area contributed by atoms with Crippen molar-refractivity contribution in [1.82, 2.24) is 9.97 Å². The Morgan fingerprint density at radius 2 is 1.73 bits per heavy atom. The van der Waals surface area contributed by atoms with E-state index in [0.29, 0.717) is 17.2 Å². The number of nitrogens with zero attached hydrogens (tertiary/aromatic N) is 2. The van der Waals surface area contributed by atoms with Crippen molar-refractivity contribution >= 4 is 10.9 Å². The van der Waals surface area contributed by atoms with E-state index in [-0.39, 0.29) is 0 Å². The van der Waals surface area contributed by atoms with E-state index in [2.05, 4.69) is 9.97 Å². The van der Waals surface area contributed by atoms with Crippen LogP contribution in [0.15, 0.2) is 18.5 Å². The minimum atomic E-state index is 0.431. The van der Waals surface area contributed by atoms with Gasteiger partial charge in [0.25, 0.3) is 0 Å². The summed E-state index contributed by atoms with van der Waals surface area (Å²) in [6.45, 7) is 5.72. The van der Waals surface area contributed by atoms with Crippen molar-refractivity contribution in [3.8, 4) is 11.5 Å². The highest BCUT2D eigenvalue weighted by Gasteiger charge is 2.08. The van der Waals surface area contributed by atoms with Gasteiger partial charge in [-0.1, -0.05) is 0 Å². The summed E-state index contributed by atoms with van der Waals surface area (Å²) in [4.78, 5) is 8.01. The van der Waals surface area contributed by atoms with Crippen LogP contribution in [0.5, 0.6) is 11.5 Å². The van der Waals surface area contributed by atoms with Gasteiger partial charge in [0, 0.05) is 18.4 Å². The second kappa shape index (κ2) is 3.73. The Morgan fingerprint density at radius 3 is 2.40 bits per heavy atom. The van der Waals surface area contributed by atoms with Gasteiger partial charge < -0.3 is 9.47 Å². The van der Waals surface area contributed by atoms with Gasteiger partial charge in [-0.25, -0.2) is 9.97 Å². The minimum Gasteiger partial charge on any atom is -0.493 e. The second-order valence-electron chi connectivity index (χ2n) is 2.98. The molecule has 76 valence electrons. The van der Waals surface area contributed by atoms with Gasteiger partial charge in [-0.3, -0.25) is 0 Å². The van der Waals surface area contributed by atoms with Crippen LogP contribution >= 0.6 is 0 Å². The summed E-state index contributed by atoms with van der Waals surface area (Å²) < 4.78 is 10.3. The Morgan fingerprint density at radius 1 is 1.07 bits per heavy atom. The molecule has 1 heterocycles. The molecule has 4 nitrogen and oxygen atoms in total. The van der Waals surface area contributed by atoms with Gasteiger partial charge in [0.05, 0.1) is 25.4 Å². The molecule has 0 unspecified atom stereocenters. The van der Waals surface area contributed by atoms with Crippen molar-refractivity contribution in [3.63, 3.8) is 0 Å². The van der Waals surface area contributed by atoms with Crippen molar-refractivity contribution in [2.24, 2.45) is 0 Å². The maximum atomic E-state index is 5.72. The third-order valence-corrected chi connectivity index (χ3v) is 2.17. The van der Waals surface area contributed by atoms with E-state index in [1.54, 1.807) is 26.4 Å². The molecule has 0 saturated heterocycles. The predicted molar refractivity (Wildman–Crippen MR) is 56.0 cm³/mol. The first-order chi connectivity index (χ1) is 7.26. The molecule has 2 aromatic rings. The Balaban J connectivity index is 2.75. The highest BCUT2D eigenvalue weighted by Crippen LogP contribution is 2.31. The average Bonchev–Trinajstić information content (AvgIpc) is 2.28. The molecule has 4 heteroatoms. The lowest BCUT2D eigenvalue weighted by atomic mass is 10.2. The van der Waals surface area contributed by atoms with E-state index in [4.69, 9.17) is 16.4 Å². The molecule has 0 aliphatic carbocycles. The van der Waals surface area contributed by atoms with Crippen LogP contribution in [0.2, 0.25) is 0 Å². The smallest absolute Gasteiger partial charge is 0.162 e. The summed E-state index contributed by atoms with van der Waals surface area (Å²) in [5.74, 6) is 1.25. The number of methoxy groups -OCH3 is 2. The molecule has 0 spiro atoms. The second-order valence-corrected chi connectivity index (χ2v) is 2.98. The zero-order chi connectivity index (χ0) is 10.8. The minimum absolute atomic E-state index is 0.431. The first kappa shape index (κ1) is 9.71. The monoisotopic (exact) mass is 202 g/mol. The normalized spacial score (nSPS) is 10.3. The van der Waals surface area contributed by atoms with Crippen molar-refractivity contribution in [1.29, 1.82) is 0 Å². The average molecular weight is 202 g/mol. The number of rotatable bonds is 2. The number of aromatic nitrogens is 2. The Labute approximate surface area is 87.9 Å². The van der Waals surface area contributed by atoms with Crippen LogP contribution in [-0.4, -0.2) is 24.2 Å². The first-order valence-electron chi connectivity index (χ1n) is 4.38. The van der Waals surface area contributed by atoms with E-state index in [1.165, 1.54) is 6.33 Å². The lowest BCUT2D eigenvalue weighted by Gasteiger charge is -2.09. The van der Waals surface area contributed by atoms with Crippen LogP contribution in [0.4, 0.5) is 0 Å². The molecule has 0 amide bonds. The molecule has 2 rings (SSSR count). The van der Waals surface area contributed by atoms with E-state index in [0.717, 1.165) is 10.9 Å². The molecule has 15 heavy (non-hydrogen) atoms. The molecular formula is C11H10N2O2. The highest BCUT2D eigenvalue weighted by molar-refractivity contribution is 5.84. The van der Waals surface area contributed by atoms with E-state index in [1.807, 2.05) is 0 Å². The molecule has 0 aliphatic heterocycles. The zero-order valence-electron chi connectivity index (χ0n) is 8.52. The van der Waals surface area contributed by atoms with Crippen LogP contribution in [-0.2, 0) is 0 Å². The molecule has 0 bridgehead atoms. The molecule has 0 N–H and O–H groups in total. The summed E-state index contributed by atoms with van der Waals surface area (Å²) in [6.07, 6.45) is 1.42. The third kappa shape index (κ3) is 1.58. The fraction of sp³-hybridized carbons (Fsp3) is 0.182. The van der Waals surface area contributed by atoms with Crippen LogP contribution in [0.3, 0.4) is 0 Å². The van der Waals surface area contributed by atoms with Gasteiger partial charge >= 0.3 is 0 Å². The van der Waals surface area contributed by atoms with Gasteiger partial charge in [0.15, 0.2) is 11.5 Å². The Hall–Kier alpha value is -1.84. The van der Waals surface area contributed by atoms with Gasteiger partial charge in [0.2, 0.25) is 0 Å². The number of benzene rings is 1. The Bertz CT molecular complexity index is 497. The predicted octanol–water partition coefficient (Wildman–Crippen LogP) is 1.71. The number of fused-ring (bicyclic) bond motifs is 1. The lowest BCUT2D eigenvalue weighted by Crippen LogP contribution is -1.93. The van der Waals surface area contributed by atoms with Gasteiger partial charge in [0.1, 0.15) is 6.33 Å². The SMILES string of the molecule is [CH]c1ncnc2cc(OC)c(OC)cc12. The van der Waals surface area contributed by atoms with Crippen LogP contribution in [0, 0.1) is 6.92 Å². The van der Waals surface area contributed by atoms with Crippen LogP contribution in [0.1, 0.15) is 5.69 Å². The molecule has 0 saturated carbocycles. The molecule has 0 aliphatic rings. The van der Waals surface area contributed by atoms with Crippen molar-refractivity contribution < 1.29 is 9.47 Å². The molecular weight excluding hydrogens is 192 g/mol. The van der Waals surface area contributed by atoms with E-state index < -0.39 is 0 Å². The van der Waals surface area contributed by atoms with E-state index >= 15 is 0 Å². The molecule has 0 atom stereocenters. The molecule has 2 radical (unpaired) electrons. The number of ether oxygens (including phenoxy) is 2. The third-order valence-electron chi connectivity index (χ3n) is 2.17. The lowest BCUT2D eigenvalue weighted by molar-refractivity contribution is 0.355. The van der Waals surface area contributed by atoms with Crippen LogP contribution in [0.25, 0.3) is 10.9 Å². The topological polar surface area (TPSA) is 44.2 Å². The van der Waals surface area contributed by atoms with Crippen LogP contribution < -0.4 is 9.47 Å². The van der Waals surface area contributed by atoms with Gasteiger partial charge in [-0.15, -0.1) is 0 Å². The summed E-state index contributed by atoms with van der Waals surface area (Å²) in [5.41, 5.74) is 1.17. The summed E-state index contributed by atoms with van der Waals surface area (Å²) in [5, 5.41) is 0.759. The summed E-state index contributed by atoms with van der Waals surface area (Å²) >= 11 is 0. The highest BCUT2D eigenvalue weighted by atomic mass is 16.5. The largest absolute Gasteiger partial charge is 0.493 e.